The average Bonchev–Trinajstić information content (AvgIpc) is 2.43. The maximum absolute atomic E-state index is 12.4. The summed E-state index contributed by atoms with van der Waals surface area (Å²) in [5.74, 6) is 0.681. The van der Waals surface area contributed by atoms with Crippen molar-refractivity contribution in [2.45, 2.75) is 44.4 Å². The first-order chi connectivity index (χ1) is 9.99. The van der Waals surface area contributed by atoms with Gasteiger partial charge in [0.1, 0.15) is 11.9 Å². The topological polar surface area (TPSA) is 38.8 Å². The lowest BCUT2D eigenvalue weighted by Crippen LogP contribution is -2.54. The average molecular weight is 285 g/mol. The Kier molecular flexibility index (Phi) is 2.44. The van der Waals surface area contributed by atoms with Crippen molar-refractivity contribution < 1.29 is 14.3 Å². The molecule has 0 saturated carbocycles. The Morgan fingerprint density at radius 1 is 1.33 bits per heavy atom. The van der Waals surface area contributed by atoms with E-state index in [2.05, 4.69) is 31.0 Å². The summed E-state index contributed by atoms with van der Waals surface area (Å²) in [5.41, 5.74) is 2.66. The molecule has 2 bridgehead atoms. The number of carbonyl (C=O) groups excluding carboxylic acids is 1. The summed E-state index contributed by atoms with van der Waals surface area (Å²) < 4.78 is 11.7. The predicted molar refractivity (Wildman–Crippen MR) is 78.9 cm³/mol. The van der Waals surface area contributed by atoms with Gasteiger partial charge < -0.3 is 14.4 Å². The Bertz CT molecular complexity index is 666. The quantitative estimate of drug-likeness (QED) is 0.687. The molecule has 0 radical (unpaired) electrons. The Labute approximate surface area is 124 Å². The number of para-hydroxylation sites is 1. The molecule has 0 aromatic heterocycles. The monoisotopic (exact) mass is 285 g/mol. The first kappa shape index (κ1) is 12.7. The number of anilines is 1. The van der Waals surface area contributed by atoms with Crippen molar-refractivity contribution in [3.8, 4) is 0 Å². The minimum Gasteiger partial charge on any atom is -0.472 e. The number of benzene rings is 1. The van der Waals surface area contributed by atoms with Crippen molar-refractivity contribution >= 4 is 11.7 Å². The van der Waals surface area contributed by atoms with Gasteiger partial charge in [0.2, 0.25) is 0 Å². The van der Waals surface area contributed by atoms with Gasteiger partial charge in [0.05, 0.1) is 5.57 Å². The van der Waals surface area contributed by atoms with E-state index in [0.29, 0.717) is 6.42 Å². The first-order valence-corrected chi connectivity index (χ1v) is 7.45. The van der Waals surface area contributed by atoms with Crippen LogP contribution in [0.1, 0.15) is 38.2 Å². The van der Waals surface area contributed by atoms with Crippen molar-refractivity contribution in [2.24, 2.45) is 0 Å². The van der Waals surface area contributed by atoms with Gasteiger partial charge >= 0.3 is 5.97 Å². The Morgan fingerprint density at radius 3 is 2.90 bits per heavy atom. The summed E-state index contributed by atoms with van der Waals surface area (Å²) in [6, 6.07) is 8.25. The van der Waals surface area contributed by atoms with Gasteiger partial charge in [0.25, 0.3) is 0 Å². The van der Waals surface area contributed by atoms with Gasteiger partial charge in [-0.05, 0) is 25.5 Å². The summed E-state index contributed by atoms with van der Waals surface area (Å²) in [7, 11) is 2.06. The number of carbonyl (C=O) groups is 1. The fraction of sp³-hybridized carbons (Fsp3) is 0.471. The highest BCUT2D eigenvalue weighted by molar-refractivity contribution is 5.93. The van der Waals surface area contributed by atoms with Crippen molar-refractivity contribution in [3.63, 3.8) is 0 Å². The predicted octanol–water partition coefficient (Wildman–Crippen LogP) is 2.95. The number of nitrogens with zero attached hydrogens (tertiary/aromatic N) is 1. The Hall–Kier alpha value is -1.97. The molecule has 0 spiro atoms. The second-order valence-electron chi connectivity index (χ2n) is 6.41. The smallest absolute Gasteiger partial charge is 0.338 e. The van der Waals surface area contributed by atoms with E-state index in [1.807, 2.05) is 19.1 Å². The number of esters is 1. The van der Waals surface area contributed by atoms with Crippen LogP contribution in [0.2, 0.25) is 0 Å². The highest BCUT2D eigenvalue weighted by Gasteiger charge is 2.50. The van der Waals surface area contributed by atoms with Gasteiger partial charge in [0.15, 0.2) is 5.72 Å². The number of hydrogen-bond acceptors (Lipinski definition) is 4. The lowest BCUT2D eigenvalue weighted by Gasteiger charge is -2.52. The molecule has 1 aromatic carbocycles. The third kappa shape index (κ3) is 1.65. The molecule has 110 valence electrons. The van der Waals surface area contributed by atoms with Gasteiger partial charge in [-0.15, -0.1) is 0 Å². The van der Waals surface area contributed by atoms with E-state index in [1.165, 1.54) is 5.56 Å². The molecule has 4 nitrogen and oxygen atoms in total. The SMILES string of the molecule is CC1CC2=C(C(=O)O1)C1CC(C)(O2)N(C)c2ccccc21. The molecular weight excluding hydrogens is 266 g/mol. The van der Waals surface area contributed by atoms with Crippen molar-refractivity contribution in [1.82, 2.24) is 0 Å². The van der Waals surface area contributed by atoms with E-state index in [-0.39, 0.29) is 18.0 Å². The number of fused-ring (bicyclic) bond motifs is 5. The van der Waals surface area contributed by atoms with E-state index in [0.717, 1.165) is 23.4 Å². The van der Waals surface area contributed by atoms with Crippen LogP contribution in [-0.4, -0.2) is 24.8 Å². The van der Waals surface area contributed by atoms with Crippen LogP contribution < -0.4 is 4.90 Å². The molecule has 0 fully saturated rings. The van der Waals surface area contributed by atoms with Gasteiger partial charge in [-0.2, -0.15) is 0 Å². The standard InChI is InChI=1S/C17H19NO3/c1-10-8-14-15(16(19)20-10)12-9-17(2,21-14)18(3)13-7-5-4-6-11(12)13/h4-7,10,12H,8-9H2,1-3H3. The van der Waals surface area contributed by atoms with Crippen LogP contribution in [0, 0.1) is 0 Å². The molecule has 0 aliphatic carbocycles. The van der Waals surface area contributed by atoms with Gasteiger partial charge in [-0.1, -0.05) is 18.2 Å². The van der Waals surface area contributed by atoms with Gasteiger partial charge in [0, 0.05) is 31.5 Å². The fourth-order valence-electron chi connectivity index (χ4n) is 3.81. The van der Waals surface area contributed by atoms with E-state index >= 15 is 0 Å². The van der Waals surface area contributed by atoms with Crippen LogP contribution in [0.4, 0.5) is 5.69 Å². The molecule has 3 atom stereocenters. The largest absolute Gasteiger partial charge is 0.472 e. The van der Waals surface area contributed by atoms with Crippen LogP contribution in [0.3, 0.4) is 0 Å². The van der Waals surface area contributed by atoms with Crippen molar-refractivity contribution in [1.29, 1.82) is 0 Å². The molecule has 21 heavy (non-hydrogen) atoms. The molecule has 0 saturated heterocycles. The fourth-order valence-corrected chi connectivity index (χ4v) is 3.81. The molecule has 3 heterocycles. The molecule has 3 aliphatic rings. The first-order valence-electron chi connectivity index (χ1n) is 7.45. The maximum Gasteiger partial charge on any atom is 0.338 e. The van der Waals surface area contributed by atoms with Crippen LogP contribution in [0.15, 0.2) is 35.6 Å². The van der Waals surface area contributed by atoms with Crippen LogP contribution in [0.25, 0.3) is 0 Å². The summed E-state index contributed by atoms with van der Waals surface area (Å²) in [5, 5.41) is 0. The Morgan fingerprint density at radius 2 is 2.10 bits per heavy atom. The molecule has 4 rings (SSSR count). The molecule has 0 amide bonds. The second-order valence-corrected chi connectivity index (χ2v) is 6.41. The number of ether oxygens (including phenoxy) is 2. The zero-order valence-electron chi connectivity index (χ0n) is 12.6. The third-order valence-corrected chi connectivity index (χ3v) is 4.96. The lowest BCUT2D eigenvalue weighted by atomic mass is 9.76. The number of rotatable bonds is 0. The van der Waals surface area contributed by atoms with E-state index in [1.54, 1.807) is 0 Å². The zero-order valence-corrected chi connectivity index (χ0v) is 12.6. The van der Waals surface area contributed by atoms with Gasteiger partial charge in [-0.25, -0.2) is 4.79 Å². The Balaban J connectivity index is 1.93. The molecule has 4 heteroatoms. The summed E-state index contributed by atoms with van der Waals surface area (Å²) in [6.07, 6.45) is 1.34. The van der Waals surface area contributed by atoms with Crippen molar-refractivity contribution in [3.05, 3.63) is 41.2 Å². The summed E-state index contributed by atoms with van der Waals surface area (Å²) in [6.45, 7) is 4.01. The number of hydrogen-bond donors (Lipinski definition) is 0. The zero-order chi connectivity index (χ0) is 14.8. The minimum atomic E-state index is -0.394. The molecule has 3 unspecified atom stereocenters. The number of cyclic esters (lactones) is 1. The third-order valence-electron chi connectivity index (χ3n) is 4.96. The second kappa shape index (κ2) is 4.03. The van der Waals surface area contributed by atoms with Crippen LogP contribution >= 0.6 is 0 Å². The summed E-state index contributed by atoms with van der Waals surface area (Å²) in [4.78, 5) is 14.5. The molecule has 1 aromatic rings. The summed E-state index contributed by atoms with van der Waals surface area (Å²) >= 11 is 0. The van der Waals surface area contributed by atoms with Gasteiger partial charge in [-0.3, -0.25) is 0 Å². The highest BCUT2D eigenvalue weighted by Crippen LogP contribution is 2.52. The van der Waals surface area contributed by atoms with E-state index in [9.17, 15) is 4.79 Å². The van der Waals surface area contributed by atoms with E-state index < -0.39 is 5.72 Å². The lowest BCUT2D eigenvalue weighted by molar-refractivity contribution is -0.150. The normalized spacial score (nSPS) is 33.9. The highest BCUT2D eigenvalue weighted by atomic mass is 16.6. The molecule has 0 N–H and O–H groups in total. The minimum absolute atomic E-state index is 0.0751. The van der Waals surface area contributed by atoms with Crippen LogP contribution in [0.5, 0.6) is 0 Å². The van der Waals surface area contributed by atoms with Crippen molar-refractivity contribution in [2.75, 3.05) is 11.9 Å². The molecular formula is C17H19NO3. The van der Waals surface area contributed by atoms with Crippen LogP contribution in [-0.2, 0) is 14.3 Å². The maximum atomic E-state index is 12.4. The van der Waals surface area contributed by atoms with E-state index in [4.69, 9.17) is 9.47 Å². The molecule has 3 aliphatic heterocycles.